The van der Waals surface area contributed by atoms with Crippen LogP contribution in [0, 0.1) is 6.92 Å². The van der Waals surface area contributed by atoms with Gasteiger partial charge in [0.2, 0.25) is 17.8 Å². The van der Waals surface area contributed by atoms with Crippen molar-refractivity contribution in [2.24, 2.45) is 0 Å². The molecular formula is C9H15N9O5P2. The van der Waals surface area contributed by atoms with E-state index in [0.717, 1.165) is 0 Å². The number of rotatable bonds is 6. The standard InChI is InChI=1S/C9H15N9O5P2/c1-4-13-5(15-7(10)14-4)2-24(19,20)23-25(21,22)3-6-16-8(11)18-9(12)17-6/h2-3H2,1H3,(H,19,20)(H,21,22)(H2,10,13,14,15)(H4,11,12,16,17,18). The van der Waals surface area contributed by atoms with Gasteiger partial charge in [-0.25, -0.2) is 9.29 Å². The Morgan fingerprint density at radius 2 is 1.20 bits per heavy atom. The van der Waals surface area contributed by atoms with Gasteiger partial charge in [-0.15, -0.1) is 0 Å². The van der Waals surface area contributed by atoms with E-state index in [1.54, 1.807) is 0 Å². The summed E-state index contributed by atoms with van der Waals surface area (Å²) in [5.74, 6) is -0.922. The first-order valence-electron chi connectivity index (χ1n) is 6.52. The molecule has 0 saturated carbocycles. The number of aryl methyl sites for hydroxylation is 1. The van der Waals surface area contributed by atoms with Gasteiger partial charge in [0, 0.05) is 0 Å². The van der Waals surface area contributed by atoms with Crippen molar-refractivity contribution >= 4 is 33.0 Å². The van der Waals surface area contributed by atoms with Gasteiger partial charge in [-0.2, -0.15) is 24.9 Å². The van der Waals surface area contributed by atoms with Crippen LogP contribution in [0.25, 0.3) is 0 Å². The Hall–Kier alpha value is -2.24. The quantitative estimate of drug-likeness (QED) is 0.379. The summed E-state index contributed by atoms with van der Waals surface area (Å²) in [7, 11) is -9.21. The van der Waals surface area contributed by atoms with E-state index in [9.17, 15) is 18.9 Å². The number of nitrogens with zero attached hydrogens (tertiary/aromatic N) is 6. The van der Waals surface area contributed by atoms with Crippen LogP contribution in [0.5, 0.6) is 0 Å². The Morgan fingerprint density at radius 1 is 0.800 bits per heavy atom. The van der Waals surface area contributed by atoms with Crippen LogP contribution < -0.4 is 17.2 Å². The summed E-state index contributed by atoms with van der Waals surface area (Å²) in [6.45, 7) is 1.50. The molecule has 2 aromatic rings. The van der Waals surface area contributed by atoms with E-state index in [-0.39, 0.29) is 35.3 Å². The molecule has 0 aliphatic heterocycles. The van der Waals surface area contributed by atoms with E-state index in [1.165, 1.54) is 6.92 Å². The number of hydrogen-bond donors (Lipinski definition) is 5. The van der Waals surface area contributed by atoms with E-state index in [4.69, 9.17) is 17.2 Å². The van der Waals surface area contributed by atoms with Crippen LogP contribution in [-0.4, -0.2) is 39.7 Å². The minimum Gasteiger partial charge on any atom is -0.368 e. The van der Waals surface area contributed by atoms with Gasteiger partial charge in [-0.3, -0.25) is 9.13 Å². The van der Waals surface area contributed by atoms with Gasteiger partial charge >= 0.3 is 15.2 Å². The van der Waals surface area contributed by atoms with Crippen molar-refractivity contribution in [3.63, 3.8) is 0 Å². The molecule has 0 aliphatic carbocycles. The molecule has 0 aromatic carbocycles. The van der Waals surface area contributed by atoms with Crippen LogP contribution in [0.1, 0.15) is 17.5 Å². The SMILES string of the molecule is Cc1nc(N)nc(CP(=O)(O)OP(=O)(O)Cc2nc(N)nc(N)n2)n1. The summed E-state index contributed by atoms with van der Waals surface area (Å²) < 4.78 is 28.7. The number of nitrogens with two attached hydrogens (primary N) is 3. The molecule has 2 heterocycles. The summed E-state index contributed by atoms with van der Waals surface area (Å²) in [5, 5.41) is 0. The molecule has 0 saturated heterocycles. The maximum atomic E-state index is 12.1. The Labute approximate surface area is 141 Å². The third-order valence-corrected chi connectivity index (χ3v) is 5.87. The average molecular weight is 391 g/mol. The maximum Gasteiger partial charge on any atom is 0.342 e. The fraction of sp³-hybridized carbons (Fsp3) is 0.333. The lowest BCUT2D eigenvalue weighted by Crippen LogP contribution is -2.08. The highest BCUT2D eigenvalue weighted by molar-refractivity contribution is 7.65. The fourth-order valence-electron chi connectivity index (χ4n) is 1.77. The molecule has 8 N–H and O–H groups in total. The summed E-state index contributed by atoms with van der Waals surface area (Å²) >= 11 is 0. The number of anilines is 3. The summed E-state index contributed by atoms with van der Waals surface area (Å²) in [6, 6.07) is 0. The molecule has 2 aromatic heterocycles. The smallest absolute Gasteiger partial charge is 0.342 e. The van der Waals surface area contributed by atoms with E-state index in [0.29, 0.717) is 0 Å². The molecule has 2 atom stereocenters. The molecule has 0 spiro atoms. The zero-order valence-corrected chi connectivity index (χ0v) is 14.6. The van der Waals surface area contributed by atoms with Crippen LogP contribution in [0.15, 0.2) is 0 Å². The maximum absolute atomic E-state index is 12.1. The highest BCUT2D eigenvalue weighted by atomic mass is 31.3. The molecule has 0 bridgehead atoms. The molecule has 0 radical (unpaired) electrons. The predicted molar refractivity (Wildman–Crippen MR) is 85.8 cm³/mol. The summed E-state index contributed by atoms with van der Waals surface area (Å²) in [4.78, 5) is 41.5. The molecule has 16 heteroatoms. The summed E-state index contributed by atoms with van der Waals surface area (Å²) in [6.07, 6.45) is -1.54. The Kier molecular flexibility index (Phi) is 5.30. The van der Waals surface area contributed by atoms with Gasteiger partial charge in [-0.1, -0.05) is 0 Å². The first-order chi connectivity index (χ1) is 11.4. The van der Waals surface area contributed by atoms with Crippen LogP contribution in [0.4, 0.5) is 17.8 Å². The van der Waals surface area contributed by atoms with E-state index < -0.39 is 27.5 Å². The lowest BCUT2D eigenvalue weighted by atomic mass is 10.6. The van der Waals surface area contributed by atoms with Crippen molar-refractivity contribution in [3.8, 4) is 0 Å². The van der Waals surface area contributed by atoms with Gasteiger partial charge in [0.05, 0.1) is 0 Å². The third kappa shape index (κ3) is 5.96. The number of hydrogen-bond acceptors (Lipinski definition) is 12. The number of nitrogen functional groups attached to an aromatic ring is 3. The lowest BCUT2D eigenvalue weighted by molar-refractivity contribution is 0.329. The largest absolute Gasteiger partial charge is 0.368 e. The molecule has 0 amide bonds. The van der Waals surface area contributed by atoms with Gasteiger partial charge in [-0.05, 0) is 6.92 Å². The molecule has 0 fully saturated rings. The third-order valence-electron chi connectivity index (χ3n) is 2.46. The Balaban J connectivity index is 2.14. The summed E-state index contributed by atoms with van der Waals surface area (Å²) in [5.41, 5.74) is 16.1. The monoisotopic (exact) mass is 391 g/mol. The van der Waals surface area contributed by atoms with E-state index in [1.807, 2.05) is 0 Å². The second-order valence-electron chi connectivity index (χ2n) is 4.80. The van der Waals surface area contributed by atoms with Crippen molar-refractivity contribution in [1.82, 2.24) is 29.9 Å². The molecule has 0 aliphatic rings. The van der Waals surface area contributed by atoms with Crippen molar-refractivity contribution < 1.29 is 23.2 Å². The first kappa shape index (κ1) is 19.1. The second-order valence-corrected chi connectivity index (χ2v) is 8.63. The number of aromatic nitrogens is 6. The molecule has 14 nitrogen and oxygen atoms in total. The zero-order valence-electron chi connectivity index (χ0n) is 12.8. The normalized spacial score (nSPS) is 16.1. The fourth-order valence-corrected chi connectivity index (χ4v) is 4.83. The van der Waals surface area contributed by atoms with Crippen molar-refractivity contribution in [1.29, 1.82) is 0 Å². The van der Waals surface area contributed by atoms with Gasteiger partial charge in [0.1, 0.15) is 29.8 Å². The van der Waals surface area contributed by atoms with Gasteiger partial charge in [0.25, 0.3) is 0 Å². The molecular weight excluding hydrogens is 376 g/mol. The first-order valence-corrected chi connectivity index (χ1v) is 10.0. The Morgan fingerprint density at radius 3 is 1.64 bits per heavy atom. The van der Waals surface area contributed by atoms with Crippen LogP contribution >= 0.6 is 15.2 Å². The van der Waals surface area contributed by atoms with Gasteiger partial charge in [0.15, 0.2) is 0 Å². The second kappa shape index (κ2) is 6.94. The lowest BCUT2D eigenvalue weighted by Gasteiger charge is -2.16. The minimum absolute atomic E-state index is 0.161. The molecule has 136 valence electrons. The molecule has 25 heavy (non-hydrogen) atoms. The van der Waals surface area contributed by atoms with Crippen LogP contribution in [0.2, 0.25) is 0 Å². The van der Waals surface area contributed by atoms with E-state index in [2.05, 4.69) is 34.2 Å². The van der Waals surface area contributed by atoms with E-state index >= 15 is 0 Å². The van der Waals surface area contributed by atoms with Crippen molar-refractivity contribution in [3.05, 3.63) is 17.5 Å². The van der Waals surface area contributed by atoms with Gasteiger partial charge < -0.3 is 27.0 Å². The average Bonchev–Trinajstić information content (AvgIpc) is 2.31. The van der Waals surface area contributed by atoms with Crippen LogP contribution in [-0.2, 0) is 25.8 Å². The highest BCUT2D eigenvalue weighted by Crippen LogP contribution is 2.61. The molecule has 2 unspecified atom stereocenters. The highest BCUT2D eigenvalue weighted by Gasteiger charge is 2.34. The van der Waals surface area contributed by atoms with Crippen molar-refractivity contribution in [2.75, 3.05) is 17.2 Å². The predicted octanol–water partition coefficient (Wildman–Crippen LogP) is -0.801. The zero-order chi connectivity index (χ0) is 18.8. The minimum atomic E-state index is -4.62. The Bertz CT molecular complexity index is 782. The van der Waals surface area contributed by atoms with Crippen molar-refractivity contribution in [2.45, 2.75) is 19.2 Å². The topological polar surface area (TPSA) is 239 Å². The molecule has 2 rings (SSSR count). The van der Waals surface area contributed by atoms with Crippen LogP contribution in [0.3, 0.4) is 0 Å².